The number of carbonyl (C=O) groups excluding carboxylic acids is 2. The molecule has 0 atom stereocenters. The molecule has 2 aromatic carbocycles. The quantitative estimate of drug-likeness (QED) is 0.539. The van der Waals surface area contributed by atoms with Crippen LogP contribution in [0, 0.1) is 6.92 Å². The predicted octanol–water partition coefficient (Wildman–Crippen LogP) is 3.71. The van der Waals surface area contributed by atoms with Gasteiger partial charge in [0.25, 0.3) is 5.91 Å². The summed E-state index contributed by atoms with van der Waals surface area (Å²) in [5.74, 6) is -0.120. The van der Waals surface area contributed by atoms with Crippen LogP contribution >= 0.6 is 0 Å². The van der Waals surface area contributed by atoms with E-state index in [9.17, 15) is 9.59 Å². The van der Waals surface area contributed by atoms with E-state index in [0.717, 1.165) is 23.2 Å². The van der Waals surface area contributed by atoms with Gasteiger partial charge in [-0.3, -0.25) is 9.59 Å². The molecule has 0 bridgehead atoms. The Kier molecular flexibility index (Phi) is 5.77. The number of hydrogen-bond acceptors (Lipinski definition) is 2. The van der Waals surface area contributed by atoms with Gasteiger partial charge in [0.1, 0.15) is 0 Å². The van der Waals surface area contributed by atoms with Gasteiger partial charge in [0.2, 0.25) is 6.54 Å². The number of hydrogen-bond donors (Lipinski definition) is 1. The lowest BCUT2D eigenvalue weighted by atomic mass is 10.0. The Morgan fingerprint density at radius 1 is 0.889 bits per heavy atom. The van der Waals surface area contributed by atoms with Crippen molar-refractivity contribution in [3.63, 3.8) is 0 Å². The predicted molar refractivity (Wildman–Crippen MR) is 106 cm³/mol. The molecular weight excluding hydrogens is 336 g/mol. The average Bonchev–Trinajstić information content (AvgIpc) is 2.70. The van der Waals surface area contributed by atoms with Crippen molar-refractivity contribution in [2.75, 3.05) is 5.32 Å². The Balaban J connectivity index is 1.68. The monoisotopic (exact) mass is 359 g/mol. The van der Waals surface area contributed by atoms with Crippen LogP contribution in [-0.4, -0.2) is 11.7 Å². The summed E-state index contributed by atoms with van der Waals surface area (Å²) in [4.78, 5) is 24.9. The van der Waals surface area contributed by atoms with E-state index in [2.05, 4.69) is 12.2 Å². The summed E-state index contributed by atoms with van der Waals surface area (Å²) in [6.07, 6.45) is 4.38. The fourth-order valence-electron chi connectivity index (χ4n) is 3.02. The number of rotatable bonds is 6. The molecule has 1 amide bonds. The molecule has 0 unspecified atom stereocenters. The lowest BCUT2D eigenvalue weighted by Gasteiger charge is -2.11. The highest BCUT2D eigenvalue weighted by Crippen LogP contribution is 2.20. The Hall–Kier alpha value is -3.27. The normalized spacial score (nSPS) is 10.4. The maximum atomic E-state index is 12.4. The first-order valence-corrected chi connectivity index (χ1v) is 9.05. The Morgan fingerprint density at radius 3 is 2.22 bits per heavy atom. The zero-order valence-electron chi connectivity index (χ0n) is 15.6. The highest BCUT2D eigenvalue weighted by Gasteiger charge is 2.15. The number of carbonyl (C=O) groups is 2. The summed E-state index contributed by atoms with van der Waals surface area (Å²) < 4.78 is 1.76. The minimum Gasteiger partial charge on any atom is -0.320 e. The first-order chi connectivity index (χ1) is 13.1. The number of ketones is 1. The second-order valence-electron chi connectivity index (χ2n) is 6.47. The van der Waals surface area contributed by atoms with Gasteiger partial charge in [0.15, 0.2) is 18.2 Å². The molecule has 3 aromatic rings. The molecule has 0 aliphatic carbocycles. The number of nitrogens with one attached hydrogen (secondary N) is 1. The summed E-state index contributed by atoms with van der Waals surface area (Å²) in [5.41, 5.74) is 4.32. The summed E-state index contributed by atoms with van der Waals surface area (Å²) >= 11 is 0. The molecule has 27 heavy (non-hydrogen) atoms. The van der Waals surface area contributed by atoms with Crippen molar-refractivity contribution < 1.29 is 14.2 Å². The number of aromatic nitrogens is 1. The van der Waals surface area contributed by atoms with Crippen LogP contribution in [0.2, 0.25) is 0 Å². The Bertz CT molecular complexity index is 948. The van der Waals surface area contributed by atoms with Crippen LogP contribution in [0.25, 0.3) is 0 Å². The first kappa shape index (κ1) is 18.5. The third-order valence-corrected chi connectivity index (χ3v) is 4.52. The maximum absolute atomic E-state index is 12.4. The SMILES string of the molecule is CCc1cccc(C)c1NC(=O)C[n+]1ccc(C(=O)c2ccccc2)cc1. The van der Waals surface area contributed by atoms with Gasteiger partial charge in [-0.15, -0.1) is 0 Å². The van der Waals surface area contributed by atoms with E-state index in [-0.39, 0.29) is 18.2 Å². The van der Waals surface area contributed by atoms with Gasteiger partial charge >= 0.3 is 0 Å². The summed E-state index contributed by atoms with van der Waals surface area (Å²) in [6, 6.07) is 18.7. The standard InChI is InChI=1S/C23H22N2O2/c1-3-18-11-7-8-17(2)22(18)24-21(26)16-25-14-12-20(13-15-25)23(27)19-9-5-4-6-10-19/h4-15H,3,16H2,1-2H3/p+1. The third kappa shape index (κ3) is 4.47. The largest absolute Gasteiger partial charge is 0.320 e. The molecule has 1 aromatic heterocycles. The molecule has 0 aliphatic rings. The lowest BCUT2D eigenvalue weighted by molar-refractivity contribution is -0.684. The molecule has 0 aliphatic heterocycles. The van der Waals surface area contributed by atoms with Gasteiger partial charge in [-0.25, -0.2) is 0 Å². The van der Waals surface area contributed by atoms with Gasteiger partial charge in [-0.05, 0) is 24.5 Å². The Labute approximate surface area is 159 Å². The van der Waals surface area contributed by atoms with Crippen LogP contribution in [0.5, 0.6) is 0 Å². The number of pyridine rings is 1. The van der Waals surface area contributed by atoms with Gasteiger partial charge in [0, 0.05) is 28.9 Å². The van der Waals surface area contributed by atoms with Crippen LogP contribution in [0.1, 0.15) is 34.0 Å². The minimum atomic E-state index is -0.0915. The van der Waals surface area contributed by atoms with Crippen LogP contribution in [-0.2, 0) is 17.8 Å². The van der Waals surface area contributed by atoms with E-state index in [0.29, 0.717) is 11.1 Å². The van der Waals surface area contributed by atoms with E-state index in [1.165, 1.54) is 0 Å². The number of aryl methyl sites for hydroxylation is 2. The first-order valence-electron chi connectivity index (χ1n) is 9.05. The van der Waals surface area contributed by atoms with Gasteiger partial charge in [0.05, 0.1) is 0 Å². The summed E-state index contributed by atoms with van der Waals surface area (Å²) in [7, 11) is 0. The topological polar surface area (TPSA) is 50.1 Å². The molecule has 0 saturated carbocycles. The zero-order valence-corrected chi connectivity index (χ0v) is 15.6. The fraction of sp³-hybridized carbons (Fsp3) is 0.174. The molecule has 4 nitrogen and oxygen atoms in total. The molecule has 4 heteroatoms. The number of para-hydroxylation sites is 1. The van der Waals surface area contributed by atoms with Crippen molar-refractivity contribution in [2.45, 2.75) is 26.8 Å². The van der Waals surface area contributed by atoms with Crippen molar-refractivity contribution >= 4 is 17.4 Å². The molecule has 0 spiro atoms. The molecule has 136 valence electrons. The van der Waals surface area contributed by atoms with Crippen molar-refractivity contribution in [2.24, 2.45) is 0 Å². The third-order valence-electron chi connectivity index (χ3n) is 4.52. The van der Waals surface area contributed by atoms with E-state index in [1.807, 2.05) is 43.3 Å². The number of amides is 1. The zero-order chi connectivity index (χ0) is 19.2. The van der Waals surface area contributed by atoms with E-state index < -0.39 is 0 Å². The van der Waals surface area contributed by atoms with E-state index in [4.69, 9.17) is 0 Å². The van der Waals surface area contributed by atoms with Gasteiger partial charge < -0.3 is 5.32 Å². The van der Waals surface area contributed by atoms with Crippen LogP contribution in [0.3, 0.4) is 0 Å². The second-order valence-corrected chi connectivity index (χ2v) is 6.47. The lowest BCUT2D eigenvalue weighted by Crippen LogP contribution is -2.40. The summed E-state index contributed by atoms with van der Waals surface area (Å²) in [6.45, 7) is 4.25. The molecule has 0 saturated heterocycles. The molecule has 0 radical (unpaired) electrons. The molecular formula is C23H23N2O2+. The number of benzene rings is 2. The van der Waals surface area contributed by atoms with Gasteiger partial charge in [-0.2, -0.15) is 4.57 Å². The van der Waals surface area contributed by atoms with Gasteiger partial charge in [-0.1, -0.05) is 55.5 Å². The minimum absolute atomic E-state index is 0.0281. The van der Waals surface area contributed by atoms with Crippen LogP contribution in [0.15, 0.2) is 73.1 Å². The van der Waals surface area contributed by atoms with Crippen molar-refractivity contribution in [1.82, 2.24) is 0 Å². The van der Waals surface area contributed by atoms with Crippen LogP contribution in [0.4, 0.5) is 5.69 Å². The Morgan fingerprint density at radius 2 is 1.56 bits per heavy atom. The molecule has 1 heterocycles. The second kappa shape index (κ2) is 8.41. The summed E-state index contributed by atoms with van der Waals surface area (Å²) in [5, 5.41) is 3.01. The smallest absolute Gasteiger partial charge is 0.290 e. The molecule has 0 fully saturated rings. The van der Waals surface area contributed by atoms with E-state index in [1.54, 1.807) is 41.2 Å². The fourth-order valence-corrected chi connectivity index (χ4v) is 3.02. The highest BCUT2D eigenvalue weighted by atomic mass is 16.2. The van der Waals surface area contributed by atoms with Crippen molar-refractivity contribution in [3.8, 4) is 0 Å². The highest BCUT2D eigenvalue weighted by molar-refractivity contribution is 6.08. The maximum Gasteiger partial charge on any atom is 0.290 e. The van der Waals surface area contributed by atoms with Crippen molar-refractivity contribution in [1.29, 1.82) is 0 Å². The number of nitrogens with zero attached hydrogens (tertiary/aromatic N) is 1. The van der Waals surface area contributed by atoms with Crippen LogP contribution < -0.4 is 9.88 Å². The number of anilines is 1. The molecule has 1 N–H and O–H groups in total. The van der Waals surface area contributed by atoms with E-state index >= 15 is 0 Å². The molecule has 3 rings (SSSR count). The average molecular weight is 359 g/mol. The van der Waals surface area contributed by atoms with Crippen molar-refractivity contribution in [3.05, 3.63) is 95.3 Å².